The molecule has 18 heavy (non-hydrogen) atoms. The van der Waals surface area contributed by atoms with Gasteiger partial charge in [0.05, 0.1) is 11.6 Å². The van der Waals surface area contributed by atoms with Crippen molar-refractivity contribution in [3.63, 3.8) is 0 Å². The van der Waals surface area contributed by atoms with E-state index in [0.29, 0.717) is 0 Å². The largest absolute Gasteiger partial charge is 0.348 e. The number of amides is 1. The van der Waals surface area contributed by atoms with Crippen molar-refractivity contribution in [1.29, 1.82) is 0 Å². The average molecular weight is 252 g/mol. The molecule has 2 N–H and O–H groups in total. The van der Waals surface area contributed by atoms with Crippen LogP contribution in [0.3, 0.4) is 0 Å². The van der Waals surface area contributed by atoms with Crippen LogP contribution in [0.2, 0.25) is 0 Å². The zero-order valence-electron chi connectivity index (χ0n) is 11.4. The van der Waals surface area contributed by atoms with Crippen LogP contribution in [0, 0.1) is 5.82 Å². The lowest BCUT2D eigenvalue weighted by atomic mass is 10.0. The zero-order chi connectivity index (χ0) is 13.8. The highest BCUT2D eigenvalue weighted by Gasteiger charge is 2.27. The summed E-state index contributed by atoms with van der Waals surface area (Å²) >= 11 is 0. The summed E-state index contributed by atoms with van der Waals surface area (Å²) in [7, 11) is 0. The summed E-state index contributed by atoms with van der Waals surface area (Å²) in [5, 5.41) is 6.03. The monoisotopic (exact) mass is 252 g/mol. The number of halogens is 1. The van der Waals surface area contributed by atoms with Gasteiger partial charge in [-0.15, -0.1) is 0 Å². The molecule has 1 rings (SSSR count). The zero-order valence-corrected chi connectivity index (χ0v) is 11.4. The maximum absolute atomic E-state index is 12.8. The maximum atomic E-state index is 12.8. The van der Waals surface area contributed by atoms with Crippen LogP contribution in [-0.4, -0.2) is 18.0 Å². The van der Waals surface area contributed by atoms with E-state index < -0.39 is 5.54 Å². The van der Waals surface area contributed by atoms with Crippen molar-refractivity contribution in [1.82, 2.24) is 10.6 Å². The molecule has 0 radical (unpaired) electrons. The predicted octanol–water partition coefficient (Wildman–Crippen LogP) is 2.39. The van der Waals surface area contributed by atoms with Crippen LogP contribution in [0.25, 0.3) is 0 Å². The minimum absolute atomic E-state index is 0.0684. The molecule has 1 amide bonds. The van der Waals surface area contributed by atoms with Crippen molar-refractivity contribution in [3.05, 3.63) is 35.6 Å². The second kappa shape index (κ2) is 5.96. The first-order chi connectivity index (χ1) is 8.36. The highest BCUT2D eigenvalue weighted by Crippen LogP contribution is 2.14. The summed E-state index contributed by atoms with van der Waals surface area (Å²) in [4.78, 5) is 12.1. The fourth-order valence-electron chi connectivity index (χ4n) is 1.73. The van der Waals surface area contributed by atoms with Gasteiger partial charge in [-0.2, -0.15) is 0 Å². The van der Waals surface area contributed by atoms with Crippen LogP contribution in [0.5, 0.6) is 0 Å². The molecule has 1 atom stereocenters. The number of likely N-dealkylation sites (N-methyl/N-ethyl adjacent to an activating group) is 1. The standard InChI is InChI=1S/C14H21FN2O/c1-5-16-14(3,4)13(18)17-10(2)11-6-8-12(15)9-7-11/h6-10,16H,5H2,1-4H3,(H,17,18)/t10-/m0/s1. The number of carbonyl (C=O) groups excluding carboxylic acids is 1. The molecule has 0 saturated heterocycles. The summed E-state index contributed by atoms with van der Waals surface area (Å²) in [5.74, 6) is -0.341. The van der Waals surface area contributed by atoms with Gasteiger partial charge in [-0.1, -0.05) is 19.1 Å². The third-order valence-electron chi connectivity index (χ3n) is 2.90. The molecule has 4 heteroatoms. The molecule has 1 aromatic carbocycles. The number of hydrogen-bond acceptors (Lipinski definition) is 2. The predicted molar refractivity (Wildman–Crippen MR) is 70.7 cm³/mol. The number of benzene rings is 1. The minimum Gasteiger partial charge on any atom is -0.348 e. The van der Waals surface area contributed by atoms with Gasteiger partial charge in [0.2, 0.25) is 5.91 Å². The quantitative estimate of drug-likeness (QED) is 0.845. The molecule has 0 aliphatic carbocycles. The van der Waals surface area contributed by atoms with Gasteiger partial charge >= 0.3 is 0 Å². The van der Waals surface area contributed by atoms with Crippen LogP contribution in [-0.2, 0) is 4.79 Å². The molecule has 0 spiro atoms. The smallest absolute Gasteiger partial charge is 0.240 e. The van der Waals surface area contributed by atoms with E-state index in [4.69, 9.17) is 0 Å². The molecule has 0 fully saturated rings. The van der Waals surface area contributed by atoms with Crippen molar-refractivity contribution >= 4 is 5.91 Å². The Kier molecular flexibility index (Phi) is 4.84. The molecule has 0 saturated carbocycles. The third-order valence-corrected chi connectivity index (χ3v) is 2.90. The van der Waals surface area contributed by atoms with E-state index in [1.165, 1.54) is 12.1 Å². The van der Waals surface area contributed by atoms with Gasteiger partial charge in [0.25, 0.3) is 0 Å². The summed E-state index contributed by atoms with van der Waals surface area (Å²) in [5.41, 5.74) is 0.278. The van der Waals surface area contributed by atoms with E-state index in [2.05, 4.69) is 10.6 Å². The molecule has 1 aromatic rings. The SMILES string of the molecule is CCNC(C)(C)C(=O)N[C@@H](C)c1ccc(F)cc1. The summed E-state index contributed by atoms with van der Waals surface area (Å²) in [6, 6.07) is 6.01. The lowest BCUT2D eigenvalue weighted by Crippen LogP contribution is -2.52. The molecule has 3 nitrogen and oxygen atoms in total. The van der Waals surface area contributed by atoms with Gasteiger partial charge in [-0.25, -0.2) is 4.39 Å². The second-order valence-corrected chi connectivity index (χ2v) is 4.90. The number of rotatable bonds is 5. The minimum atomic E-state index is -0.608. The van der Waals surface area contributed by atoms with Gasteiger partial charge in [0.1, 0.15) is 5.82 Å². The second-order valence-electron chi connectivity index (χ2n) is 4.90. The van der Waals surface area contributed by atoms with Crippen molar-refractivity contribution in [3.8, 4) is 0 Å². The van der Waals surface area contributed by atoms with Crippen molar-refractivity contribution in [2.24, 2.45) is 0 Å². The van der Waals surface area contributed by atoms with Gasteiger partial charge in [-0.3, -0.25) is 4.79 Å². The van der Waals surface area contributed by atoms with E-state index in [1.807, 2.05) is 27.7 Å². The Labute approximate surface area is 108 Å². The van der Waals surface area contributed by atoms with Gasteiger partial charge in [0.15, 0.2) is 0 Å². The number of carbonyl (C=O) groups is 1. The fourth-order valence-corrected chi connectivity index (χ4v) is 1.73. The van der Waals surface area contributed by atoms with Crippen LogP contribution >= 0.6 is 0 Å². The van der Waals surface area contributed by atoms with Crippen molar-refractivity contribution in [2.75, 3.05) is 6.54 Å². The van der Waals surface area contributed by atoms with E-state index in [9.17, 15) is 9.18 Å². The van der Waals surface area contributed by atoms with Crippen LogP contribution in [0.4, 0.5) is 4.39 Å². The van der Waals surface area contributed by atoms with Gasteiger partial charge in [0, 0.05) is 0 Å². The molecule has 0 unspecified atom stereocenters. The Bertz CT molecular complexity index is 401. The summed E-state index contributed by atoms with van der Waals surface area (Å²) in [6.07, 6.45) is 0. The Morgan fingerprint density at radius 1 is 1.33 bits per heavy atom. The fraction of sp³-hybridized carbons (Fsp3) is 0.500. The Balaban J connectivity index is 2.67. The van der Waals surface area contributed by atoms with Crippen LogP contribution in [0.1, 0.15) is 39.3 Å². The first-order valence-electron chi connectivity index (χ1n) is 6.18. The normalized spacial score (nSPS) is 13.2. The highest BCUT2D eigenvalue weighted by atomic mass is 19.1. The van der Waals surface area contributed by atoms with Crippen LogP contribution < -0.4 is 10.6 Å². The number of nitrogens with one attached hydrogen (secondary N) is 2. The molecule has 0 heterocycles. The first kappa shape index (κ1) is 14.6. The lowest BCUT2D eigenvalue weighted by molar-refractivity contribution is -0.127. The Hall–Kier alpha value is -1.42. The molecular weight excluding hydrogens is 231 g/mol. The van der Waals surface area contributed by atoms with Crippen molar-refractivity contribution < 1.29 is 9.18 Å². The highest BCUT2D eigenvalue weighted by molar-refractivity contribution is 5.85. The van der Waals surface area contributed by atoms with Crippen LogP contribution in [0.15, 0.2) is 24.3 Å². The molecule has 0 aliphatic heterocycles. The average Bonchev–Trinajstić information content (AvgIpc) is 2.29. The number of hydrogen-bond donors (Lipinski definition) is 2. The maximum Gasteiger partial charge on any atom is 0.240 e. The van der Waals surface area contributed by atoms with E-state index in [0.717, 1.165) is 12.1 Å². The van der Waals surface area contributed by atoms with Gasteiger partial charge in [-0.05, 0) is 45.0 Å². The topological polar surface area (TPSA) is 41.1 Å². The third kappa shape index (κ3) is 3.81. The van der Waals surface area contributed by atoms with E-state index in [1.54, 1.807) is 12.1 Å². The lowest BCUT2D eigenvalue weighted by Gasteiger charge is -2.26. The molecular formula is C14H21FN2O. The molecule has 0 aliphatic rings. The summed E-state index contributed by atoms with van der Waals surface area (Å²) in [6.45, 7) is 8.24. The van der Waals surface area contributed by atoms with E-state index >= 15 is 0 Å². The Morgan fingerprint density at radius 3 is 2.39 bits per heavy atom. The molecule has 0 bridgehead atoms. The molecule has 0 aromatic heterocycles. The van der Waals surface area contributed by atoms with Gasteiger partial charge < -0.3 is 10.6 Å². The first-order valence-corrected chi connectivity index (χ1v) is 6.18. The van der Waals surface area contributed by atoms with E-state index in [-0.39, 0.29) is 17.8 Å². The van der Waals surface area contributed by atoms with Crippen molar-refractivity contribution in [2.45, 2.75) is 39.3 Å². The Morgan fingerprint density at radius 2 is 1.89 bits per heavy atom. The molecule has 100 valence electrons. The summed E-state index contributed by atoms with van der Waals surface area (Å²) < 4.78 is 12.8.